The van der Waals surface area contributed by atoms with Crippen molar-refractivity contribution in [1.82, 2.24) is 4.90 Å². The van der Waals surface area contributed by atoms with Gasteiger partial charge < -0.3 is 15.2 Å². The molecule has 116 valence electrons. The first kappa shape index (κ1) is 16.2. The standard InChI is InChI=1S/C15H21ClN2O3/c16-13-3-1-2-4-14(13)17-15(20)11-18-7-5-12(6-8-18)21-10-9-19/h1-4,12,19H,5-11H2,(H,17,20). The number of amides is 1. The molecular weight excluding hydrogens is 292 g/mol. The summed E-state index contributed by atoms with van der Waals surface area (Å²) in [7, 11) is 0. The molecule has 0 saturated carbocycles. The highest BCUT2D eigenvalue weighted by Gasteiger charge is 2.21. The normalized spacial score (nSPS) is 16.9. The van der Waals surface area contributed by atoms with Gasteiger partial charge >= 0.3 is 0 Å². The van der Waals surface area contributed by atoms with Crippen molar-refractivity contribution in [3.8, 4) is 0 Å². The van der Waals surface area contributed by atoms with Crippen LogP contribution in [0.25, 0.3) is 0 Å². The van der Waals surface area contributed by atoms with Gasteiger partial charge in [0.1, 0.15) is 0 Å². The van der Waals surface area contributed by atoms with Crippen LogP contribution in [0.3, 0.4) is 0 Å². The average molecular weight is 313 g/mol. The van der Waals surface area contributed by atoms with Crippen molar-refractivity contribution in [2.45, 2.75) is 18.9 Å². The van der Waals surface area contributed by atoms with Gasteiger partial charge in [-0.05, 0) is 25.0 Å². The number of ether oxygens (including phenoxy) is 1. The van der Waals surface area contributed by atoms with Crippen molar-refractivity contribution >= 4 is 23.2 Å². The lowest BCUT2D eigenvalue weighted by atomic mass is 10.1. The maximum atomic E-state index is 12.0. The van der Waals surface area contributed by atoms with Crippen molar-refractivity contribution in [2.75, 3.05) is 38.2 Å². The number of hydrogen-bond donors (Lipinski definition) is 2. The quantitative estimate of drug-likeness (QED) is 0.840. The van der Waals surface area contributed by atoms with E-state index in [1.807, 2.05) is 12.1 Å². The molecule has 0 aromatic heterocycles. The van der Waals surface area contributed by atoms with Crippen molar-refractivity contribution in [1.29, 1.82) is 0 Å². The Morgan fingerprint density at radius 2 is 2.10 bits per heavy atom. The molecule has 0 spiro atoms. The summed E-state index contributed by atoms with van der Waals surface area (Å²) in [5, 5.41) is 12.1. The van der Waals surface area contributed by atoms with Gasteiger partial charge in [-0.1, -0.05) is 23.7 Å². The first-order valence-corrected chi connectivity index (χ1v) is 7.56. The summed E-state index contributed by atoms with van der Waals surface area (Å²) in [4.78, 5) is 14.1. The van der Waals surface area contributed by atoms with E-state index in [1.54, 1.807) is 12.1 Å². The molecule has 1 saturated heterocycles. The molecule has 1 fully saturated rings. The van der Waals surface area contributed by atoms with Gasteiger partial charge in [-0.3, -0.25) is 9.69 Å². The molecule has 2 N–H and O–H groups in total. The number of likely N-dealkylation sites (tertiary alicyclic amines) is 1. The van der Waals surface area contributed by atoms with Gasteiger partial charge in [-0.25, -0.2) is 0 Å². The molecular formula is C15H21ClN2O3. The van der Waals surface area contributed by atoms with E-state index in [2.05, 4.69) is 10.2 Å². The van der Waals surface area contributed by atoms with Gasteiger partial charge in [0.2, 0.25) is 5.91 Å². The highest BCUT2D eigenvalue weighted by atomic mass is 35.5. The molecule has 2 rings (SSSR count). The maximum Gasteiger partial charge on any atom is 0.238 e. The molecule has 0 atom stereocenters. The van der Waals surface area contributed by atoms with Crippen molar-refractivity contribution in [3.63, 3.8) is 0 Å². The molecule has 1 aliphatic heterocycles. The zero-order valence-electron chi connectivity index (χ0n) is 11.9. The molecule has 1 aromatic rings. The Balaban J connectivity index is 1.73. The number of benzene rings is 1. The molecule has 1 heterocycles. The lowest BCUT2D eigenvalue weighted by Gasteiger charge is -2.31. The number of carbonyl (C=O) groups excluding carboxylic acids is 1. The summed E-state index contributed by atoms with van der Waals surface area (Å²) < 4.78 is 5.50. The molecule has 1 amide bonds. The number of para-hydroxylation sites is 1. The Morgan fingerprint density at radius 1 is 1.38 bits per heavy atom. The van der Waals surface area contributed by atoms with Crippen LogP contribution in [0.4, 0.5) is 5.69 Å². The number of nitrogens with zero attached hydrogens (tertiary/aromatic N) is 1. The fraction of sp³-hybridized carbons (Fsp3) is 0.533. The SMILES string of the molecule is O=C(CN1CCC(OCCO)CC1)Nc1ccccc1Cl. The number of hydrogen-bond acceptors (Lipinski definition) is 4. The Labute approximate surface area is 129 Å². The molecule has 0 unspecified atom stereocenters. The summed E-state index contributed by atoms with van der Waals surface area (Å²) in [6.07, 6.45) is 1.97. The lowest BCUT2D eigenvalue weighted by Crippen LogP contribution is -2.41. The molecule has 1 aliphatic rings. The highest BCUT2D eigenvalue weighted by molar-refractivity contribution is 6.33. The minimum absolute atomic E-state index is 0.0560. The fourth-order valence-electron chi connectivity index (χ4n) is 2.41. The third kappa shape index (κ3) is 5.28. The summed E-state index contributed by atoms with van der Waals surface area (Å²) in [5.74, 6) is -0.0576. The molecule has 5 nitrogen and oxygen atoms in total. The Morgan fingerprint density at radius 3 is 2.76 bits per heavy atom. The van der Waals surface area contributed by atoms with E-state index in [0.717, 1.165) is 25.9 Å². The molecule has 0 bridgehead atoms. The number of aliphatic hydroxyl groups is 1. The number of carbonyl (C=O) groups is 1. The fourth-order valence-corrected chi connectivity index (χ4v) is 2.59. The number of anilines is 1. The molecule has 1 aromatic carbocycles. The monoisotopic (exact) mass is 312 g/mol. The Hall–Kier alpha value is -1.14. The molecule has 6 heteroatoms. The smallest absolute Gasteiger partial charge is 0.238 e. The number of aliphatic hydroxyl groups excluding tert-OH is 1. The Bertz CT molecular complexity index is 462. The topological polar surface area (TPSA) is 61.8 Å². The van der Waals surface area contributed by atoms with Crippen LogP contribution < -0.4 is 5.32 Å². The van der Waals surface area contributed by atoms with E-state index in [9.17, 15) is 4.79 Å². The van der Waals surface area contributed by atoms with E-state index >= 15 is 0 Å². The summed E-state index contributed by atoms with van der Waals surface area (Å²) in [6, 6.07) is 7.21. The second-order valence-corrected chi connectivity index (χ2v) is 5.51. The second-order valence-electron chi connectivity index (χ2n) is 5.10. The van der Waals surface area contributed by atoms with Gasteiger partial charge in [0, 0.05) is 13.1 Å². The van der Waals surface area contributed by atoms with Crippen LogP contribution in [0, 0.1) is 0 Å². The van der Waals surface area contributed by atoms with Gasteiger partial charge in [0.15, 0.2) is 0 Å². The van der Waals surface area contributed by atoms with Crippen LogP contribution in [0.2, 0.25) is 5.02 Å². The van der Waals surface area contributed by atoms with E-state index in [-0.39, 0.29) is 18.6 Å². The van der Waals surface area contributed by atoms with Crippen LogP contribution in [-0.2, 0) is 9.53 Å². The number of piperidine rings is 1. The minimum Gasteiger partial charge on any atom is -0.394 e. The predicted molar refractivity (Wildman–Crippen MR) is 82.6 cm³/mol. The van der Waals surface area contributed by atoms with Crippen LogP contribution in [0.5, 0.6) is 0 Å². The van der Waals surface area contributed by atoms with Crippen LogP contribution in [0.15, 0.2) is 24.3 Å². The number of halogens is 1. The van der Waals surface area contributed by atoms with Crippen LogP contribution in [-0.4, -0.2) is 54.9 Å². The molecule has 0 radical (unpaired) electrons. The van der Waals surface area contributed by atoms with Gasteiger partial charge in [-0.2, -0.15) is 0 Å². The highest BCUT2D eigenvalue weighted by Crippen LogP contribution is 2.20. The first-order chi connectivity index (χ1) is 10.2. The third-order valence-electron chi connectivity index (χ3n) is 3.49. The maximum absolute atomic E-state index is 12.0. The third-order valence-corrected chi connectivity index (χ3v) is 3.82. The largest absolute Gasteiger partial charge is 0.394 e. The van der Waals surface area contributed by atoms with Crippen molar-refractivity contribution in [3.05, 3.63) is 29.3 Å². The van der Waals surface area contributed by atoms with Crippen molar-refractivity contribution < 1.29 is 14.6 Å². The van der Waals surface area contributed by atoms with E-state index in [1.165, 1.54) is 0 Å². The zero-order valence-corrected chi connectivity index (χ0v) is 12.7. The first-order valence-electron chi connectivity index (χ1n) is 7.18. The van der Waals surface area contributed by atoms with Crippen LogP contribution >= 0.6 is 11.6 Å². The minimum atomic E-state index is -0.0576. The second kappa shape index (κ2) is 8.34. The van der Waals surface area contributed by atoms with Gasteiger partial charge in [0.05, 0.1) is 36.6 Å². The van der Waals surface area contributed by atoms with Gasteiger partial charge in [0.25, 0.3) is 0 Å². The van der Waals surface area contributed by atoms with Crippen molar-refractivity contribution in [2.24, 2.45) is 0 Å². The van der Waals surface area contributed by atoms with E-state index in [4.69, 9.17) is 21.4 Å². The summed E-state index contributed by atoms with van der Waals surface area (Å²) >= 11 is 6.01. The summed E-state index contributed by atoms with van der Waals surface area (Å²) in [5.41, 5.74) is 0.644. The summed E-state index contributed by atoms with van der Waals surface area (Å²) in [6.45, 7) is 2.45. The van der Waals surface area contributed by atoms with E-state index in [0.29, 0.717) is 23.9 Å². The number of rotatable bonds is 6. The molecule has 21 heavy (non-hydrogen) atoms. The van der Waals surface area contributed by atoms with Gasteiger partial charge in [-0.15, -0.1) is 0 Å². The average Bonchev–Trinajstić information content (AvgIpc) is 2.49. The van der Waals surface area contributed by atoms with E-state index < -0.39 is 0 Å². The molecule has 0 aliphatic carbocycles. The predicted octanol–water partition coefficient (Wildman–Crippen LogP) is 1.75. The zero-order chi connectivity index (χ0) is 15.1. The van der Waals surface area contributed by atoms with Crippen LogP contribution in [0.1, 0.15) is 12.8 Å². The number of nitrogens with one attached hydrogen (secondary N) is 1. The lowest BCUT2D eigenvalue weighted by molar-refractivity contribution is -0.118. The Kier molecular flexibility index (Phi) is 6.45.